The predicted molar refractivity (Wildman–Crippen MR) is 298 cm³/mol. The Kier molecular flexibility index (Phi) is 20.5. The van der Waals surface area contributed by atoms with Gasteiger partial charge >= 0.3 is 0 Å². The van der Waals surface area contributed by atoms with E-state index in [4.69, 9.17) is 69.0 Å². The number of nitrogens with two attached hydrogens (primary N) is 1. The lowest BCUT2D eigenvalue weighted by atomic mass is 9.62. The lowest BCUT2D eigenvalue weighted by molar-refractivity contribution is -0.118. The van der Waals surface area contributed by atoms with Gasteiger partial charge in [0.2, 0.25) is 11.9 Å². The number of carbonyl (C=O) groups is 2. The van der Waals surface area contributed by atoms with Crippen molar-refractivity contribution in [3.63, 3.8) is 0 Å². The van der Waals surface area contributed by atoms with Gasteiger partial charge in [-0.1, -0.05) is 85.6 Å². The van der Waals surface area contributed by atoms with E-state index in [1.807, 2.05) is 45.4 Å². The smallest absolute Gasteiger partial charge is 0.251 e. The first-order valence-corrected chi connectivity index (χ1v) is 26.4. The average Bonchev–Trinajstić information content (AvgIpc) is 4.18. The highest BCUT2D eigenvalue weighted by Crippen LogP contribution is 2.53. The Balaban J connectivity index is 0.836. The summed E-state index contributed by atoms with van der Waals surface area (Å²) in [6, 6.07) is 12.9. The summed E-state index contributed by atoms with van der Waals surface area (Å²) in [6.45, 7) is 12.6. The molecule has 418 valence electrons. The van der Waals surface area contributed by atoms with Gasteiger partial charge in [-0.15, -0.1) is 0 Å². The summed E-state index contributed by atoms with van der Waals surface area (Å²) in [4.78, 5) is 40.9. The summed E-state index contributed by atoms with van der Waals surface area (Å²) in [6.07, 6.45) is 3.90. The SMILES string of the molecule is COc1cc(C(=O)NCCOCCOCCOCCOCC#Cc2cn(Cc3ncc(C)c(OC)c3C)c3nc(N)nc(Cl)c23)ccc1NC(=O)[C@@H]1N[C@@H](CC(C)(C)C)[C@](C#N)(c2ccc(Cl)cc2F)[C@H]1c1cccc(Cl)c1F. The van der Waals surface area contributed by atoms with E-state index in [1.54, 1.807) is 13.3 Å². The van der Waals surface area contributed by atoms with Crippen molar-refractivity contribution >= 4 is 69.3 Å². The second-order valence-corrected chi connectivity index (χ2v) is 21.0. The van der Waals surface area contributed by atoms with E-state index in [2.05, 4.69) is 48.8 Å². The van der Waals surface area contributed by atoms with E-state index < -0.39 is 52.3 Å². The summed E-state index contributed by atoms with van der Waals surface area (Å²) in [7, 11) is 3.01. The molecule has 4 atom stereocenters. The van der Waals surface area contributed by atoms with E-state index in [0.717, 1.165) is 28.6 Å². The van der Waals surface area contributed by atoms with Crippen molar-refractivity contribution in [2.45, 2.75) is 71.0 Å². The molecule has 79 heavy (non-hydrogen) atoms. The number of nitrogens with zero attached hydrogens (tertiary/aromatic N) is 5. The number of rotatable bonds is 23. The van der Waals surface area contributed by atoms with Crippen molar-refractivity contribution in [3.05, 3.63) is 133 Å². The third-order valence-electron chi connectivity index (χ3n) is 13.3. The van der Waals surface area contributed by atoms with Crippen LogP contribution in [-0.2, 0) is 35.7 Å². The van der Waals surface area contributed by atoms with Gasteiger partial charge in [0.15, 0.2) is 0 Å². The number of pyridine rings is 1. The van der Waals surface area contributed by atoms with E-state index in [-0.39, 0.29) is 75.6 Å². The minimum absolute atomic E-state index is 0.0438. The van der Waals surface area contributed by atoms with Gasteiger partial charge < -0.3 is 54.7 Å². The molecular weight excluding hydrogens is 1080 g/mol. The fourth-order valence-corrected chi connectivity index (χ4v) is 10.3. The zero-order valence-corrected chi connectivity index (χ0v) is 47.1. The van der Waals surface area contributed by atoms with Crippen LogP contribution in [0.2, 0.25) is 15.2 Å². The van der Waals surface area contributed by atoms with Gasteiger partial charge in [0.05, 0.1) is 106 Å². The van der Waals surface area contributed by atoms with Crippen LogP contribution in [0, 0.1) is 54.1 Å². The quantitative estimate of drug-likeness (QED) is 0.0267. The second kappa shape index (κ2) is 27.0. The van der Waals surface area contributed by atoms with Gasteiger partial charge in [-0.25, -0.2) is 13.8 Å². The molecule has 0 radical (unpaired) electrons. The summed E-state index contributed by atoms with van der Waals surface area (Å²) < 4.78 is 67.8. The van der Waals surface area contributed by atoms with Crippen LogP contribution in [0.25, 0.3) is 11.0 Å². The van der Waals surface area contributed by atoms with Crippen molar-refractivity contribution in [1.29, 1.82) is 5.26 Å². The zero-order valence-electron chi connectivity index (χ0n) is 44.8. The van der Waals surface area contributed by atoms with Crippen molar-refractivity contribution in [1.82, 2.24) is 30.2 Å². The summed E-state index contributed by atoms with van der Waals surface area (Å²) >= 11 is 19.0. The third kappa shape index (κ3) is 14.2. The standard InChI is InChI=1S/C57H62Cl3F2N9O8/c1-33-29-66-43(34(2)50(33)75-7)31-71-30-36(46-51(60)69-55(64)70-52(46)71)10-9-18-76-20-22-78-24-25-79-23-21-77-19-17-65-53(72)35-13-16-42(44(26-35)74-6)67-54(73)49-47(38-11-8-12-40(59)48(38)62)57(32-63,45(68-49)28-56(3,4)5)39-15-14-37(58)27-41(39)61/h8,11-16,26-27,29-30,45,47,49,68H,17-25,28,31H2,1-7H3,(H,65,72)(H,67,73)(H2,64,69,70)/t45-,47-,49+,57-/m0/s1. The highest BCUT2D eigenvalue weighted by molar-refractivity contribution is 6.34. The number of fused-ring (bicyclic) bond motifs is 1. The number of methoxy groups -OCH3 is 2. The van der Waals surface area contributed by atoms with Gasteiger partial charge in [-0.3, -0.25) is 14.6 Å². The largest absolute Gasteiger partial charge is 0.496 e. The van der Waals surface area contributed by atoms with Gasteiger partial charge in [0.25, 0.3) is 5.91 Å². The number of carbonyl (C=O) groups excluding carboxylic acids is 2. The summed E-state index contributed by atoms with van der Waals surface area (Å²) in [5.41, 5.74) is 7.82. The first-order valence-electron chi connectivity index (χ1n) is 25.3. The molecule has 0 saturated carbocycles. The van der Waals surface area contributed by atoms with Crippen molar-refractivity contribution in [2.24, 2.45) is 5.41 Å². The molecule has 6 aromatic rings. The van der Waals surface area contributed by atoms with Crippen LogP contribution in [0.4, 0.5) is 20.4 Å². The number of hydrogen-bond acceptors (Lipinski definition) is 14. The second-order valence-electron chi connectivity index (χ2n) is 19.8. The lowest BCUT2D eigenvalue weighted by Gasteiger charge is -2.37. The van der Waals surface area contributed by atoms with Crippen LogP contribution in [0.3, 0.4) is 0 Å². The summed E-state index contributed by atoms with van der Waals surface area (Å²) in [5.74, 6) is 3.09. The monoisotopic (exact) mass is 1140 g/mol. The predicted octanol–water partition coefficient (Wildman–Crippen LogP) is 9.14. The number of nitrogens with one attached hydrogen (secondary N) is 3. The summed E-state index contributed by atoms with van der Waals surface area (Å²) in [5, 5.41) is 20.8. The first kappa shape index (κ1) is 60.0. The van der Waals surface area contributed by atoms with Crippen LogP contribution >= 0.6 is 34.8 Å². The maximum atomic E-state index is 16.2. The highest BCUT2D eigenvalue weighted by Gasteiger charge is 2.61. The van der Waals surface area contributed by atoms with Crippen LogP contribution < -0.4 is 31.2 Å². The maximum Gasteiger partial charge on any atom is 0.251 e. The molecule has 7 rings (SSSR count). The first-order chi connectivity index (χ1) is 37.8. The van der Waals surface area contributed by atoms with Gasteiger partial charge in [-0.05, 0) is 67.6 Å². The van der Waals surface area contributed by atoms with E-state index in [9.17, 15) is 14.9 Å². The third-order valence-corrected chi connectivity index (χ3v) is 14.1. The van der Waals surface area contributed by atoms with Gasteiger partial charge in [-0.2, -0.15) is 10.2 Å². The number of aryl methyl sites for hydroxylation is 1. The number of aromatic nitrogens is 4. The topological polar surface area (TPSA) is 219 Å². The Morgan fingerprint density at radius 3 is 2.30 bits per heavy atom. The Morgan fingerprint density at radius 1 is 0.924 bits per heavy atom. The molecule has 3 aromatic carbocycles. The number of amides is 2. The minimum atomic E-state index is -1.82. The fourth-order valence-electron chi connectivity index (χ4n) is 9.72. The van der Waals surface area contributed by atoms with Crippen molar-refractivity contribution in [2.75, 3.05) is 84.7 Å². The normalized spacial score (nSPS) is 17.0. The number of benzene rings is 3. The van der Waals surface area contributed by atoms with Crippen molar-refractivity contribution in [3.8, 4) is 29.4 Å². The minimum Gasteiger partial charge on any atom is -0.496 e. The molecule has 1 saturated heterocycles. The van der Waals surface area contributed by atoms with Crippen LogP contribution in [0.5, 0.6) is 11.5 Å². The molecular formula is C57H62Cl3F2N9O8. The molecule has 0 aliphatic carbocycles. The fraction of sp³-hybridized carbons (Fsp3) is 0.404. The molecule has 22 heteroatoms. The number of ether oxygens (including phenoxy) is 6. The average molecular weight is 1150 g/mol. The Labute approximate surface area is 472 Å². The number of halogens is 5. The van der Waals surface area contributed by atoms with Crippen LogP contribution in [0.15, 0.2) is 67.0 Å². The number of anilines is 2. The number of hydrogen-bond donors (Lipinski definition) is 4. The van der Waals surface area contributed by atoms with Crippen LogP contribution in [-0.4, -0.2) is 117 Å². The molecule has 17 nitrogen and oxygen atoms in total. The molecule has 0 spiro atoms. The molecule has 3 aromatic heterocycles. The molecule has 4 heterocycles. The number of nitriles is 1. The Morgan fingerprint density at radius 2 is 1.63 bits per heavy atom. The zero-order chi connectivity index (χ0) is 57.0. The lowest BCUT2D eigenvalue weighted by Crippen LogP contribution is -2.45. The van der Waals surface area contributed by atoms with Crippen LogP contribution in [0.1, 0.15) is 77.0 Å². The molecule has 5 N–H and O–H groups in total. The van der Waals surface area contributed by atoms with Crippen molar-refractivity contribution < 1.29 is 46.8 Å². The highest BCUT2D eigenvalue weighted by atomic mass is 35.5. The van der Waals surface area contributed by atoms with E-state index in [1.165, 1.54) is 55.6 Å². The van der Waals surface area contributed by atoms with E-state index in [0.29, 0.717) is 62.6 Å². The molecule has 1 fully saturated rings. The van der Waals surface area contributed by atoms with Gasteiger partial charge in [0, 0.05) is 58.2 Å². The molecule has 2 amide bonds. The van der Waals surface area contributed by atoms with Gasteiger partial charge in [0.1, 0.15) is 46.0 Å². The molecule has 1 aliphatic heterocycles. The van der Waals surface area contributed by atoms with E-state index >= 15 is 8.78 Å². The maximum absolute atomic E-state index is 16.2. The Bertz CT molecular complexity index is 3290. The molecule has 1 aliphatic rings. The number of nitrogen functional groups attached to an aromatic ring is 1. The Hall–Kier alpha value is -6.65. The molecule has 0 unspecified atom stereocenters. The molecule has 0 bridgehead atoms.